The number of aryl methyl sites for hydroxylation is 3. The van der Waals surface area contributed by atoms with Crippen LogP contribution in [-0.2, 0) is 26.0 Å². The van der Waals surface area contributed by atoms with Crippen molar-refractivity contribution in [3.05, 3.63) is 89.0 Å². The normalized spacial score (nSPS) is 11.3. The Balaban J connectivity index is 1.84. The molecule has 0 radical (unpaired) electrons. The van der Waals surface area contributed by atoms with Gasteiger partial charge in [0.25, 0.3) is 0 Å². The Morgan fingerprint density at radius 2 is 1.37 bits per heavy atom. The standard InChI is InChI=1S/C27H31N3O4S/c1-19-16-20(2)27(21(3)17-19)35(33,34)30(15-14-23-8-6-5-7-9-23)18-26(32)29-25-12-10-24(11-13-25)28-22(4)31/h5-13,16-17H,14-15,18H2,1-4H3,(H,28,31)(H,29,32). The summed E-state index contributed by atoms with van der Waals surface area (Å²) in [5, 5.41) is 5.42. The highest BCUT2D eigenvalue weighted by atomic mass is 32.2. The molecule has 2 N–H and O–H groups in total. The molecule has 3 aromatic rings. The van der Waals surface area contributed by atoms with Gasteiger partial charge in [-0.2, -0.15) is 4.31 Å². The smallest absolute Gasteiger partial charge is 0.244 e. The molecular formula is C27H31N3O4S. The number of amides is 2. The van der Waals surface area contributed by atoms with Crippen LogP contribution in [0, 0.1) is 20.8 Å². The average Bonchev–Trinajstić information content (AvgIpc) is 2.77. The summed E-state index contributed by atoms with van der Waals surface area (Å²) in [6, 6.07) is 19.9. The second-order valence-electron chi connectivity index (χ2n) is 8.61. The summed E-state index contributed by atoms with van der Waals surface area (Å²) < 4.78 is 28.7. The van der Waals surface area contributed by atoms with Gasteiger partial charge in [0.05, 0.1) is 11.4 Å². The molecule has 0 unspecified atom stereocenters. The average molecular weight is 494 g/mol. The number of rotatable bonds is 9. The fourth-order valence-electron chi connectivity index (χ4n) is 4.09. The molecule has 0 aliphatic rings. The third kappa shape index (κ3) is 7.00. The highest BCUT2D eigenvalue weighted by Gasteiger charge is 2.29. The molecule has 0 fully saturated rings. The second kappa shape index (κ2) is 11.3. The summed E-state index contributed by atoms with van der Waals surface area (Å²) >= 11 is 0. The van der Waals surface area contributed by atoms with Gasteiger partial charge in [-0.3, -0.25) is 9.59 Å². The van der Waals surface area contributed by atoms with E-state index < -0.39 is 15.9 Å². The van der Waals surface area contributed by atoms with Crippen molar-refractivity contribution >= 4 is 33.2 Å². The molecule has 0 aliphatic heterocycles. The van der Waals surface area contributed by atoms with Gasteiger partial charge in [0.1, 0.15) is 0 Å². The number of hydrogen-bond acceptors (Lipinski definition) is 4. The molecule has 35 heavy (non-hydrogen) atoms. The van der Waals surface area contributed by atoms with E-state index in [2.05, 4.69) is 10.6 Å². The van der Waals surface area contributed by atoms with E-state index in [-0.39, 0.29) is 23.9 Å². The Hall–Kier alpha value is -3.49. The molecule has 7 nitrogen and oxygen atoms in total. The zero-order valence-corrected chi connectivity index (χ0v) is 21.3. The zero-order chi connectivity index (χ0) is 25.6. The topological polar surface area (TPSA) is 95.6 Å². The molecule has 0 aromatic heterocycles. The largest absolute Gasteiger partial charge is 0.326 e. The lowest BCUT2D eigenvalue weighted by Gasteiger charge is -2.24. The molecule has 0 heterocycles. The second-order valence-corrected chi connectivity index (χ2v) is 10.5. The number of anilines is 2. The summed E-state index contributed by atoms with van der Waals surface area (Å²) in [6.07, 6.45) is 0.475. The minimum absolute atomic E-state index is 0.161. The molecule has 0 saturated carbocycles. The van der Waals surface area contributed by atoms with E-state index in [0.29, 0.717) is 28.9 Å². The van der Waals surface area contributed by atoms with Crippen LogP contribution in [0.4, 0.5) is 11.4 Å². The first-order valence-electron chi connectivity index (χ1n) is 11.4. The van der Waals surface area contributed by atoms with Crippen LogP contribution >= 0.6 is 0 Å². The summed E-state index contributed by atoms with van der Waals surface area (Å²) in [5.74, 6) is -0.640. The van der Waals surface area contributed by atoms with E-state index in [4.69, 9.17) is 0 Å². The highest BCUT2D eigenvalue weighted by Crippen LogP contribution is 2.26. The molecule has 8 heteroatoms. The van der Waals surface area contributed by atoms with Crippen molar-refractivity contribution in [1.29, 1.82) is 0 Å². The highest BCUT2D eigenvalue weighted by molar-refractivity contribution is 7.89. The van der Waals surface area contributed by atoms with Crippen molar-refractivity contribution in [3.8, 4) is 0 Å². The molecule has 0 saturated heterocycles. The SMILES string of the molecule is CC(=O)Nc1ccc(NC(=O)CN(CCc2ccccc2)S(=O)(=O)c2c(C)cc(C)cc2C)cc1. The number of nitrogens with zero attached hydrogens (tertiary/aromatic N) is 1. The Labute approximate surface area is 207 Å². The molecule has 3 rings (SSSR count). The molecule has 3 aromatic carbocycles. The Bertz CT molecular complexity index is 1280. The summed E-state index contributed by atoms with van der Waals surface area (Å²) in [6.45, 7) is 6.73. The first kappa shape index (κ1) is 26.1. The van der Waals surface area contributed by atoms with Gasteiger partial charge < -0.3 is 10.6 Å². The predicted octanol–water partition coefficient (Wildman–Crippen LogP) is 4.44. The minimum Gasteiger partial charge on any atom is -0.326 e. The minimum atomic E-state index is -3.93. The predicted molar refractivity (Wildman–Crippen MR) is 139 cm³/mol. The van der Waals surface area contributed by atoms with Crippen molar-refractivity contribution in [2.24, 2.45) is 0 Å². The van der Waals surface area contributed by atoms with Gasteiger partial charge in [0, 0.05) is 24.8 Å². The number of carbonyl (C=O) groups is 2. The fourth-order valence-corrected chi connectivity index (χ4v) is 5.89. The Kier molecular flexibility index (Phi) is 8.43. The van der Waals surface area contributed by atoms with Gasteiger partial charge in [-0.1, -0.05) is 48.0 Å². The monoisotopic (exact) mass is 493 g/mol. The van der Waals surface area contributed by atoms with Crippen LogP contribution in [0.15, 0.2) is 71.6 Å². The van der Waals surface area contributed by atoms with Crippen LogP contribution in [0.1, 0.15) is 29.2 Å². The third-order valence-corrected chi connectivity index (χ3v) is 7.66. The number of nitrogens with one attached hydrogen (secondary N) is 2. The first-order chi connectivity index (χ1) is 16.6. The van der Waals surface area contributed by atoms with Crippen LogP contribution < -0.4 is 10.6 Å². The lowest BCUT2D eigenvalue weighted by atomic mass is 10.1. The van der Waals surface area contributed by atoms with E-state index in [9.17, 15) is 18.0 Å². The van der Waals surface area contributed by atoms with Crippen LogP contribution in [0.3, 0.4) is 0 Å². The van der Waals surface area contributed by atoms with E-state index in [1.54, 1.807) is 38.1 Å². The van der Waals surface area contributed by atoms with Crippen LogP contribution in [0.2, 0.25) is 0 Å². The number of benzene rings is 3. The van der Waals surface area contributed by atoms with Crippen LogP contribution in [0.5, 0.6) is 0 Å². The van der Waals surface area contributed by atoms with Crippen molar-refractivity contribution in [1.82, 2.24) is 4.31 Å². The van der Waals surface area contributed by atoms with E-state index in [1.165, 1.54) is 11.2 Å². The molecular weight excluding hydrogens is 462 g/mol. The van der Waals surface area contributed by atoms with Crippen molar-refractivity contribution < 1.29 is 18.0 Å². The Morgan fingerprint density at radius 1 is 0.829 bits per heavy atom. The van der Waals surface area contributed by atoms with Gasteiger partial charge in [0.15, 0.2) is 0 Å². The zero-order valence-electron chi connectivity index (χ0n) is 20.5. The lowest BCUT2D eigenvalue weighted by Crippen LogP contribution is -2.39. The maximum Gasteiger partial charge on any atom is 0.244 e. The van der Waals surface area contributed by atoms with E-state index in [0.717, 1.165) is 11.1 Å². The molecule has 0 aliphatic carbocycles. The number of carbonyl (C=O) groups excluding carboxylic acids is 2. The van der Waals surface area contributed by atoms with Crippen molar-refractivity contribution in [3.63, 3.8) is 0 Å². The summed E-state index contributed by atoms with van der Waals surface area (Å²) in [5.41, 5.74) is 4.39. The third-order valence-electron chi connectivity index (χ3n) is 5.50. The van der Waals surface area contributed by atoms with Gasteiger partial charge in [0.2, 0.25) is 21.8 Å². The molecule has 184 valence electrons. The Morgan fingerprint density at radius 3 is 1.91 bits per heavy atom. The summed E-state index contributed by atoms with van der Waals surface area (Å²) in [4.78, 5) is 24.3. The van der Waals surface area contributed by atoms with Gasteiger partial charge in [-0.25, -0.2) is 8.42 Å². The summed E-state index contributed by atoms with van der Waals surface area (Å²) in [7, 11) is -3.93. The number of sulfonamides is 1. The molecule has 2 amide bonds. The van der Waals surface area contributed by atoms with Crippen molar-refractivity contribution in [2.75, 3.05) is 23.7 Å². The van der Waals surface area contributed by atoms with Gasteiger partial charge in [-0.05, 0) is 68.1 Å². The lowest BCUT2D eigenvalue weighted by molar-refractivity contribution is -0.116. The molecule has 0 bridgehead atoms. The van der Waals surface area contributed by atoms with Crippen molar-refractivity contribution in [2.45, 2.75) is 39.0 Å². The quantitative estimate of drug-likeness (QED) is 0.461. The van der Waals surface area contributed by atoms with Crippen LogP contribution in [-0.4, -0.2) is 37.6 Å². The maximum atomic E-state index is 13.7. The van der Waals surface area contributed by atoms with Gasteiger partial charge in [-0.15, -0.1) is 0 Å². The first-order valence-corrected chi connectivity index (χ1v) is 12.8. The molecule has 0 atom stereocenters. The molecule has 0 spiro atoms. The van der Waals surface area contributed by atoms with Crippen LogP contribution in [0.25, 0.3) is 0 Å². The van der Waals surface area contributed by atoms with Gasteiger partial charge >= 0.3 is 0 Å². The van der Waals surface area contributed by atoms with E-state index >= 15 is 0 Å². The van der Waals surface area contributed by atoms with E-state index in [1.807, 2.05) is 49.4 Å². The maximum absolute atomic E-state index is 13.7. The number of hydrogen-bond donors (Lipinski definition) is 2. The fraction of sp³-hybridized carbons (Fsp3) is 0.259.